The van der Waals surface area contributed by atoms with Crippen molar-refractivity contribution in [1.29, 1.82) is 0 Å². The molecule has 0 spiro atoms. The van der Waals surface area contributed by atoms with Gasteiger partial charge in [-0.05, 0) is 18.6 Å². The smallest absolute Gasteiger partial charge is 0.345 e. The third kappa shape index (κ3) is 2.59. The molecule has 2 aromatic rings. The first-order valence-electron chi connectivity index (χ1n) is 7.64. The van der Waals surface area contributed by atoms with Crippen molar-refractivity contribution in [1.82, 2.24) is 0 Å². The summed E-state index contributed by atoms with van der Waals surface area (Å²) in [6.45, 7) is 1.89. The van der Waals surface area contributed by atoms with Gasteiger partial charge >= 0.3 is 5.97 Å². The number of fused-ring (bicyclic) bond motifs is 2. The lowest BCUT2D eigenvalue weighted by Gasteiger charge is -2.18. The van der Waals surface area contributed by atoms with Gasteiger partial charge in [-0.15, -0.1) is 0 Å². The van der Waals surface area contributed by atoms with Crippen LogP contribution < -0.4 is 0 Å². The van der Waals surface area contributed by atoms with Crippen molar-refractivity contribution in [2.45, 2.75) is 13.3 Å². The number of carbonyl (C=O) groups is 3. The van der Waals surface area contributed by atoms with Crippen LogP contribution in [0, 0.1) is 10.1 Å². The zero-order valence-electron chi connectivity index (χ0n) is 13.3. The summed E-state index contributed by atoms with van der Waals surface area (Å²) < 4.78 is 4.95. The Labute approximate surface area is 142 Å². The second kappa shape index (κ2) is 6.27. The van der Waals surface area contributed by atoms with Crippen molar-refractivity contribution in [3.63, 3.8) is 0 Å². The molecule has 0 radical (unpaired) electrons. The molecule has 126 valence electrons. The number of hydrogen-bond acceptors (Lipinski definition) is 6. The second-order valence-corrected chi connectivity index (χ2v) is 5.48. The maximum Gasteiger partial charge on any atom is 0.345 e. The largest absolute Gasteiger partial charge is 0.462 e. The summed E-state index contributed by atoms with van der Waals surface area (Å²) in [4.78, 5) is 48.2. The molecule has 2 aromatic carbocycles. The van der Waals surface area contributed by atoms with Gasteiger partial charge in [0.05, 0.1) is 11.5 Å². The van der Waals surface area contributed by atoms with E-state index in [1.165, 1.54) is 18.2 Å². The molecule has 0 atom stereocenters. The fraction of sp³-hybridized carbons (Fsp3) is 0.167. The number of rotatable bonds is 4. The Morgan fingerprint density at radius 3 is 2.28 bits per heavy atom. The minimum atomic E-state index is -0.893. The fourth-order valence-electron chi connectivity index (χ4n) is 2.80. The number of esters is 1. The molecule has 1 aliphatic carbocycles. The molecular weight excluding hydrogens is 326 g/mol. The highest BCUT2D eigenvalue weighted by molar-refractivity contribution is 6.30. The number of ether oxygens (including phenoxy) is 1. The summed E-state index contributed by atoms with van der Waals surface area (Å²) in [6.07, 6.45) is 0.551. The van der Waals surface area contributed by atoms with Gasteiger partial charge in [0.2, 0.25) is 5.78 Å². The van der Waals surface area contributed by atoms with E-state index < -0.39 is 28.1 Å². The van der Waals surface area contributed by atoms with Crippen LogP contribution >= 0.6 is 0 Å². The minimum absolute atomic E-state index is 0.0811. The zero-order chi connectivity index (χ0) is 18.1. The number of benzene rings is 2. The van der Waals surface area contributed by atoms with Gasteiger partial charge in [-0.25, -0.2) is 4.79 Å². The molecule has 7 nitrogen and oxygen atoms in total. The zero-order valence-corrected chi connectivity index (χ0v) is 13.3. The summed E-state index contributed by atoms with van der Waals surface area (Å²) in [7, 11) is 0. The Balaban J connectivity index is 2.24. The predicted octanol–water partition coefficient (Wildman–Crippen LogP) is 2.94. The standard InChI is InChI=1S/C18H13NO6/c1-2-9-25-18(22)13-8-7-12-14(15(13)19(23)24)17(21)11-6-4-3-5-10(11)16(12)20/h3-8H,2,9H2,1H3. The lowest BCUT2D eigenvalue weighted by atomic mass is 9.82. The van der Waals surface area contributed by atoms with Crippen LogP contribution in [-0.2, 0) is 4.74 Å². The second-order valence-electron chi connectivity index (χ2n) is 5.48. The van der Waals surface area contributed by atoms with E-state index in [-0.39, 0.29) is 34.4 Å². The summed E-state index contributed by atoms with van der Waals surface area (Å²) in [6, 6.07) is 8.54. The third-order valence-electron chi connectivity index (χ3n) is 3.91. The first-order valence-corrected chi connectivity index (χ1v) is 7.64. The molecule has 0 saturated heterocycles. The SMILES string of the molecule is CCCOC(=O)c1ccc2c(c1[N+](=O)[O-])C(=O)c1ccccc1C2=O. The van der Waals surface area contributed by atoms with Gasteiger partial charge in [-0.2, -0.15) is 0 Å². The average molecular weight is 339 g/mol. The van der Waals surface area contributed by atoms with Gasteiger partial charge < -0.3 is 4.74 Å². The maximum absolute atomic E-state index is 12.8. The van der Waals surface area contributed by atoms with Gasteiger partial charge in [0.1, 0.15) is 11.1 Å². The fourth-order valence-corrected chi connectivity index (χ4v) is 2.80. The van der Waals surface area contributed by atoms with Crippen LogP contribution in [0.15, 0.2) is 36.4 Å². The highest BCUT2D eigenvalue weighted by Crippen LogP contribution is 2.35. The summed E-state index contributed by atoms with van der Waals surface area (Å²) >= 11 is 0. The Bertz CT molecular complexity index is 931. The number of nitro groups is 1. The molecule has 1 aliphatic rings. The number of hydrogen-bond donors (Lipinski definition) is 0. The summed E-state index contributed by atoms with van der Waals surface area (Å²) in [5.41, 5.74) is -1.19. The van der Waals surface area contributed by atoms with Crippen molar-refractivity contribution in [2.24, 2.45) is 0 Å². The lowest BCUT2D eigenvalue weighted by molar-refractivity contribution is -0.385. The molecule has 0 saturated carbocycles. The Morgan fingerprint density at radius 2 is 1.68 bits per heavy atom. The van der Waals surface area contributed by atoms with Crippen LogP contribution in [0.2, 0.25) is 0 Å². The summed E-state index contributed by atoms with van der Waals surface area (Å²) in [5.74, 6) is -2.03. The van der Waals surface area contributed by atoms with E-state index in [0.717, 1.165) is 6.07 Å². The molecule has 0 amide bonds. The maximum atomic E-state index is 12.8. The van der Waals surface area contributed by atoms with Gasteiger partial charge in [0.15, 0.2) is 5.78 Å². The monoisotopic (exact) mass is 339 g/mol. The Hall–Kier alpha value is -3.35. The van der Waals surface area contributed by atoms with Crippen LogP contribution in [0.1, 0.15) is 55.5 Å². The van der Waals surface area contributed by atoms with Crippen molar-refractivity contribution >= 4 is 23.2 Å². The van der Waals surface area contributed by atoms with Crippen LogP contribution in [-0.4, -0.2) is 29.1 Å². The van der Waals surface area contributed by atoms with E-state index >= 15 is 0 Å². The number of ketones is 2. The quantitative estimate of drug-likeness (QED) is 0.411. The van der Waals surface area contributed by atoms with Crippen LogP contribution in [0.4, 0.5) is 5.69 Å². The Kier molecular flexibility index (Phi) is 4.14. The lowest BCUT2D eigenvalue weighted by Crippen LogP contribution is -2.23. The van der Waals surface area contributed by atoms with Crippen LogP contribution in [0.25, 0.3) is 0 Å². The van der Waals surface area contributed by atoms with E-state index in [1.54, 1.807) is 19.1 Å². The van der Waals surface area contributed by atoms with E-state index in [1.807, 2.05) is 0 Å². The molecule has 3 rings (SSSR count). The normalized spacial score (nSPS) is 12.4. The van der Waals surface area contributed by atoms with E-state index in [4.69, 9.17) is 4.74 Å². The van der Waals surface area contributed by atoms with E-state index in [0.29, 0.717) is 6.42 Å². The van der Waals surface area contributed by atoms with E-state index in [9.17, 15) is 24.5 Å². The topological polar surface area (TPSA) is 104 Å². The van der Waals surface area contributed by atoms with Gasteiger partial charge in [-0.1, -0.05) is 31.2 Å². The van der Waals surface area contributed by atoms with E-state index in [2.05, 4.69) is 0 Å². The van der Waals surface area contributed by atoms with Crippen LogP contribution in [0.3, 0.4) is 0 Å². The minimum Gasteiger partial charge on any atom is -0.462 e. The predicted molar refractivity (Wildman–Crippen MR) is 87.0 cm³/mol. The van der Waals surface area contributed by atoms with Crippen molar-refractivity contribution in [3.8, 4) is 0 Å². The highest BCUT2D eigenvalue weighted by Gasteiger charge is 2.38. The molecule has 25 heavy (non-hydrogen) atoms. The molecule has 7 heteroatoms. The Morgan fingerprint density at radius 1 is 1.04 bits per heavy atom. The molecule has 0 bridgehead atoms. The van der Waals surface area contributed by atoms with Gasteiger partial charge in [0.25, 0.3) is 5.69 Å². The van der Waals surface area contributed by atoms with Gasteiger partial charge in [-0.3, -0.25) is 19.7 Å². The molecule has 0 unspecified atom stereocenters. The molecule has 0 aromatic heterocycles. The van der Waals surface area contributed by atoms with Crippen molar-refractivity contribution < 1.29 is 24.0 Å². The first-order chi connectivity index (χ1) is 12.0. The molecule has 0 aliphatic heterocycles. The van der Waals surface area contributed by atoms with Gasteiger partial charge in [0, 0.05) is 16.7 Å². The highest BCUT2D eigenvalue weighted by atomic mass is 16.6. The number of nitrogens with zero attached hydrogens (tertiary/aromatic N) is 1. The van der Waals surface area contributed by atoms with Crippen LogP contribution in [0.5, 0.6) is 0 Å². The average Bonchev–Trinajstić information content (AvgIpc) is 2.62. The number of carbonyl (C=O) groups excluding carboxylic acids is 3. The van der Waals surface area contributed by atoms with Crippen molar-refractivity contribution in [3.05, 3.63) is 74.3 Å². The molecule has 0 fully saturated rings. The third-order valence-corrected chi connectivity index (χ3v) is 3.91. The van der Waals surface area contributed by atoms with Crippen molar-refractivity contribution in [2.75, 3.05) is 6.61 Å². The number of nitro benzene ring substituents is 1. The molecular formula is C18H13NO6. The molecule has 0 N–H and O–H groups in total. The first kappa shape index (κ1) is 16.5. The molecule has 0 heterocycles. The summed E-state index contributed by atoms with van der Waals surface area (Å²) in [5, 5.41) is 11.6.